The number of hydrogen-bond acceptors (Lipinski definition) is 2. The smallest absolute Gasteiger partial charge is 0.127 e. The van der Waals surface area contributed by atoms with Crippen LogP contribution in [0.2, 0.25) is 0 Å². The van der Waals surface area contributed by atoms with Gasteiger partial charge in [0, 0.05) is 12.6 Å². The van der Waals surface area contributed by atoms with Crippen LogP contribution in [-0.4, -0.2) is 6.04 Å². The first-order chi connectivity index (χ1) is 9.70. The van der Waals surface area contributed by atoms with Gasteiger partial charge in [-0.2, -0.15) is 0 Å². The number of ether oxygens (including phenoxy) is 1. The highest BCUT2D eigenvalue weighted by Crippen LogP contribution is 2.25. The maximum absolute atomic E-state index is 5.95. The predicted octanol–water partition coefficient (Wildman–Crippen LogP) is 4.35. The molecule has 0 aromatic heterocycles. The van der Waals surface area contributed by atoms with Crippen LogP contribution in [0.15, 0.2) is 42.5 Å². The maximum Gasteiger partial charge on any atom is 0.127 e. The average Bonchev–Trinajstić information content (AvgIpc) is 3.25. The van der Waals surface area contributed by atoms with Gasteiger partial charge in [-0.05, 0) is 67.6 Å². The molecule has 1 fully saturated rings. The molecule has 1 aliphatic carbocycles. The van der Waals surface area contributed by atoms with Crippen LogP contribution < -0.4 is 10.1 Å². The Balaban J connectivity index is 1.69. The summed E-state index contributed by atoms with van der Waals surface area (Å²) in [5, 5.41) is 3.52. The lowest BCUT2D eigenvalue weighted by atomic mass is 10.1. The summed E-state index contributed by atoms with van der Waals surface area (Å²) >= 11 is 0. The Hall–Kier alpha value is -1.80. The van der Waals surface area contributed by atoms with E-state index in [1.165, 1.54) is 29.5 Å². The third kappa shape index (κ3) is 3.40. The van der Waals surface area contributed by atoms with Crippen LogP contribution in [0.4, 0.5) is 0 Å². The van der Waals surface area contributed by atoms with Crippen LogP contribution in [-0.2, 0) is 6.54 Å². The van der Waals surface area contributed by atoms with Crippen molar-refractivity contribution in [3.8, 4) is 11.5 Å². The Bertz CT molecular complexity index is 602. The number of rotatable bonds is 5. The Morgan fingerprint density at radius 2 is 1.80 bits per heavy atom. The normalized spacial score (nSPS) is 14.3. The summed E-state index contributed by atoms with van der Waals surface area (Å²) in [6, 6.07) is 15.3. The highest BCUT2D eigenvalue weighted by atomic mass is 16.5. The summed E-state index contributed by atoms with van der Waals surface area (Å²) < 4.78 is 5.95. The molecule has 0 bridgehead atoms. The summed E-state index contributed by atoms with van der Waals surface area (Å²) in [5.41, 5.74) is 3.83. The van der Waals surface area contributed by atoms with Gasteiger partial charge in [-0.15, -0.1) is 0 Å². The molecule has 20 heavy (non-hydrogen) atoms. The lowest BCUT2D eigenvalue weighted by Crippen LogP contribution is -2.15. The van der Waals surface area contributed by atoms with E-state index in [1.54, 1.807) is 0 Å². The standard InChI is InChI=1S/C18H21NO/c1-13-6-9-18(10-14(13)2)20-17-5-3-4-15(11-17)12-19-16-7-8-16/h3-6,9-11,16,19H,7-8,12H2,1-2H3. The lowest BCUT2D eigenvalue weighted by Gasteiger charge is -2.10. The van der Waals surface area contributed by atoms with E-state index >= 15 is 0 Å². The zero-order chi connectivity index (χ0) is 13.9. The minimum atomic E-state index is 0.735. The summed E-state index contributed by atoms with van der Waals surface area (Å²) in [5.74, 6) is 1.81. The summed E-state index contributed by atoms with van der Waals surface area (Å²) in [4.78, 5) is 0. The topological polar surface area (TPSA) is 21.3 Å². The molecular weight excluding hydrogens is 246 g/mol. The quantitative estimate of drug-likeness (QED) is 0.869. The Kier molecular flexibility index (Phi) is 3.75. The molecule has 0 amide bonds. The largest absolute Gasteiger partial charge is 0.457 e. The number of hydrogen-bond donors (Lipinski definition) is 1. The maximum atomic E-state index is 5.95. The molecule has 2 aromatic carbocycles. The minimum Gasteiger partial charge on any atom is -0.457 e. The Labute approximate surface area is 120 Å². The van der Waals surface area contributed by atoms with E-state index in [0.29, 0.717) is 0 Å². The first-order valence-electron chi connectivity index (χ1n) is 7.28. The second-order valence-corrected chi connectivity index (χ2v) is 5.65. The molecule has 1 aliphatic rings. The van der Waals surface area contributed by atoms with Crippen molar-refractivity contribution in [2.75, 3.05) is 0 Å². The molecule has 3 rings (SSSR count). The van der Waals surface area contributed by atoms with Crippen molar-refractivity contribution in [3.05, 3.63) is 59.2 Å². The van der Waals surface area contributed by atoms with Gasteiger partial charge in [0.2, 0.25) is 0 Å². The molecule has 0 heterocycles. The molecule has 1 N–H and O–H groups in total. The van der Waals surface area contributed by atoms with E-state index in [9.17, 15) is 0 Å². The van der Waals surface area contributed by atoms with Crippen LogP contribution in [0.5, 0.6) is 11.5 Å². The second-order valence-electron chi connectivity index (χ2n) is 5.65. The van der Waals surface area contributed by atoms with Gasteiger partial charge in [-0.3, -0.25) is 0 Å². The fraction of sp³-hybridized carbons (Fsp3) is 0.333. The van der Waals surface area contributed by atoms with E-state index in [2.05, 4.69) is 49.5 Å². The fourth-order valence-corrected chi connectivity index (χ4v) is 2.18. The van der Waals surface area contributed by atoms with Crippen molar-refractivity contribution in [2.24, 2.45) is 0 Å². The molecule has 1 saturated carbocycles. The van der Waals surface area contributed by atoms with E-state index < -0.39 is 0 Å². The van der Waals surface area contributed by atoms with Crippen molar-refractivity contribution < 1.29 is 4.74 Å². The zero-order valence-corrected chi connectivity index (χ0v) is 12.1. The monoisotopic (exact) mass is 267 g/mol. The van der Waals surface area contributed by atoms with Crippen molar-refractivity contribution in [2.45, 2.75) is 39.3 Å². The highest BCUT2D eigenvalue weighted by Gasteiger charge is 2.19. The van der Waals surface area contributed by atoms with Crippen LogP contribution in [0, 0.1) is 13.8 Å². The molecule has 0 saturated heterocycles. The van der Waals surface area contributed by atoms with Gasteiger partial charge in [0.25, 0.3) is 0 Å². The zero-order valence-electron chi connectivity index (χ0n) is 12.1. The SMILES string of the molecule is Cc1ccc(Oc2cccc(CNC3CC3)c2)cc1C. The minimum absolute atomic E-state index is 0.735. The van der Waals surface area contributed by atoms with Crippen molar-refractivity contribution in [1.82, 2.24) is 5.32 Å². The molecule has 0 atom stereocenters. The Morgan fingerprint density at radius 1 is 1.00 bits per heavy atom. The van der Waals surface area contributed by atoms with E-state index in [4.69, 9.17) is 4.74 Å². The van der Waals surface area contributed by atoms with Crippen LogP contribution in [0.1, 0.15) is 29.5 Å². The number of nitrogens with one attached hydrogen (secondary N) is 1. The first kappa shape index (κ1) is 13.2. The molecule has 0 aliphatic heterocycles. The van der Waals surface area contributed by atoms with Gasteiger partial charge < -0.3 is 10.1 Å². The Morgan fingerprint density at radius 3 is 2.55 bits per heavy atom. The van der Waals surface area contributed by atoms with Crippen molar-refractivity contribution in [1.29, 1.82) is 0 Å². The highest BCUT2D eigenvalue weighted by molar-refractivity contribution is 5.38. The lowest BCUT2D eigenvalue weighted by molar-refractivity contribution is 0.481. The third-order valence-electron chi connectivity index (χ3n) is 3.78. The van der Waals surface area contributed by atoms with Gasteiger partial charge in [0.05, 0.1) is 0 Å². The van der Waals surface area contributed by atoms with Crippen LogP contribution in [0.25, 0.3) is 0 Å². The molecule has 104 valence electrons. The summed E-state index contributed by atoms with van der Waals surface area (Å²) in [6.45, 7) is 5.15. The van der Waals surface area contributed by atoms with Gasteiger partial charge in [-0.25, -0.2) is 0 Å². The van der Waals surface area contributed by atoms with E-state index in [-0.39, 0.29) is 0 Å². The molecule has 0 unspecified atom stereocenters. The number of benzene rings is 2. The van der Waals surface area contributed by atoms with Gasteiger partial charge >= 0.3 is 0 Å². The van der Waals surface area contributed by atoms with E-state index in [1.807, 2.05) is 12.1 Å². The van der Waals surface area contributed by atoms with Crippen molar-refractivity contribution in [3.63, 3.8) is 0 Å². The van der Waals surface area contributed by atoms with Crippen molar-refractivity contribution >= 4 is 0 Å². The molecule has 0 radical (unpaired) electrons. The number of aryl methyl sites for hydroxylation is 2. The molecule has 0 spiro atoms. The second kappa shape index (κ2) is 5.68. The molecule has 2 heteroatoms. The molecule has 2 aromatic rings. The van der Waals surface area contributed by atoms with Gasteiger partial charge in [-0.1, -0.05) is 18.2 Å². The van der Waals surface area contributed by atoms with E-state index in [0.717, 1.165) is 24.1 Å². The predicted molar refractivity (Wildman–Crippen MR) is 82.3 cm³/mol. The molecule has 2 nitrogen and oxygen atoms in total. The van der Waals surface area contributed by atoms with Crippen LogP contribution >= 0.6 is 0 Å². The first-order valence-corrected chi connectivity index (χ1v) is 7.28. The third-order valence-corrected chi connectivity index (χ3v) is 3.78. The molecular formula is C18H21NO. The van der Waals surface area contributed by atoms with Crippen LogP contribution in [0.3, 0.4) is 0 Å². The summed E-state index contributed by atoms with van der Waals surface area (Å²) in [7, 11) is 0. The fourth-order valence-electron chi connectivity index (χ4n) is 2.18. The average molecular weight is 267 g/mol. The van der Waals surface area contributed by atoms with Gasteiger partial charge in [0.1, 0.15) is 11.5 Å². The summed E-state index contributed by atoms with van der Waals surface area (Å²) in [6.07, 6.45) is 2.64. The van der Waals surface area contributed by atoms with Gasteiger partial charge in [0.15, 0.2) is 0 Å².